The van der Waals surface area contributed by atoms with Gasteiger partial charge in [0.1, 0.15) is 19.0 Å². The van der Waals surface area contributed by atoms with Gasteiger partial charge in [-0.1, -0.05) is 17.7 Å². The summed E-state index contributed by atoms with van der Waals surface area (Å²) in [7, 11) is 0. The van der Waals surface area contributed by atoms with Crippen LogP contribution in [0.4, 0.5) is 4.39 Å². The quantitative estimate of drug-likeness (QED) is 0.937. The maximum absolute atomic E-state index is 13.2. The second kappa shape index (κ2) is 6.33. The number of ether oxygens (including phenoxy) is 2. The summed E-state index contributed by atoms with van der Waals surface area (Å²) in [6.07, 6.45) is 0. The third-order valence-corrected chi connectivity index (χ3v) is 3.41. The first-order valence-corrected chi connectivity index (χ1v) is 7.13. The van der Waals surface area contributed by atoms with E-state index in [2.05, 4.69) is 5.32 Å². The monoisotopic (exact) mass is 307 g/mol. The minimum Gasteiger partial charge on any atom is -0.486 e. The standard InChI is InChI=1S/C16H15ClFNO2/c17-13-5-12(6-14(18)8-13)10-19-9-11-1-2-15-16(7-11)21-4-3-20-15/h1-2,5-8,19H,3-4,9-10H2. The van der Waals surface area contributed by atoms with Crippen LogP contribution in [0.1, 0.15) is 11.1 Å². The highest BCUT2D eigenvalue weighted by atomic mass is 35.5. The van der Waals surface area contributed by atoms with Gasteiger partial charge in [0.15, 0.2) is 11.5 Å². The third kappa shape index (κ3) is 3.65. The molecule has 110 valence electrons. The number of fused-ring (bicyclic) bond motifs is 1. The Balaban J connectivity index is 1.60. The molecule has 0 radical (unpaired) electrons. The van der Waals surface area contributed by atoms with Crippen LogP contribution in [0.5, 0.6) is 11.5 Å². The van der Waals surface area contributed by atoms with Crippen molar-refractivity contribution < 1.29 is 13.9 Å². The summed E-state index contributed by atoms with van der Waals surface area (Å²) in [5.41, 5.74) is 1.90. The van der Waals surface area contributed by atoms with Gasteiger partial charge in [0.2, 0.25) is 0 Å². The number of benzene rings is 2. The molecule has 2 aromatic rings. The maximum atomic E-state index is 13.2. The van der Waals surface area contributed by atoms with Crippen molar-refractivity contribution in [2.75, 3.05) is 13.2 Å². The zero-order valence-electron chi connectivity index (χ0n) is 11.4. The molecule has 0 spiro atoms. The summed E-state index contributed by atoms with van der Waals surface area (Å²) < 4.78 is 24.2. The molecule has 1 heterocycles. The van der Waals surface area contributed by atoms with Crippen molar-refractivity contribution in [2.45, 2.75) is 13.1 Å². The van der Waals surface area contributed by atoms with Crippen molar-refractivity contribution in [1.82, 2.24) is 5.32 Å². The van der Waals surface area contributed by atoms with Gasteiger partial charge in [0.25, 0.3) is 0 Å². The molecule has 1 aliphatic heterocycles. The van der Waals surface area contributed by atoms with Crippen molar-refractivity contribution >= 4 is 11.6 Å². The Hall–Kier alpha value is -1.78. The summed E-state index contributed by atoms with van der Waals surface area (Å²) in [4.78, 5) is 0. The van der Waals surface area contributed by atoms with Gasteiger partial charge < -0.3 is 14.8 Å². The van der Waals surface area contributed by atoms with Crippen LogP contribution in [-0.2, 0) is 13.1 Å². The van der Waals surface area contributed by atoms with Crippen molar-refractivity contribution in [3.8, 4) is 11.5 Å². The van der Waals surface area contributed by atoms with E-state index in [0.717, 1.165) is 22.6 Å². The second-order valence-electron chi connectivity index (χ2n) is 4.86. The SMILES string of the molecule is Fc1cc(Cl)cc(CNCc2ccc3c(c2)OCCO3)c1. The second-order valence-corrected chi connectivity index (χ2v) is 5.30. The number of hydrogen-bond acceptors (Lipinski definition) is 3. The molecule has 3 nitrogen and oxygen atoms in total. The van der Waals surface area contributed by atoms with Crippen molar-refractivity contribution in [1.29, 1.82) is 0 Å². The van der Waals surface area contributed by atoms with Gasteiger partial charge in [-0.2, -0.15) is 0 Å². The highest BCUT2D eigenvalue weighted by molar-refractivity contribution is 6.30. The minimum atomic E-state index is -0.321. The zero-order valence-corrected chi connectivity index (χ0v) is 12.1. The Bertz CT molecular complexity index is 628. The van der Waals surface area contributed by atoms with E-state index in [-0.39, 0.29) is 5.82 Å². The Kier molecular flexibility index (Phi) is 4.27. The van der Waals surface area contributed by atoms with E-state index >= 15 is 0 Å². The van der Waals surface area contributed by atoms with Crippen LogP contribution >= 0.6 is 11.6 Å². The van der Waals surface area contributed by atoms with Crippen LogP contribution in [0.15, 0.2) is 36.4 Å². The first-order chi connectivity index (χ1) is 10.2. The number of hydrogen-bond donors (Lipinski definition) is 1. The number of nitrogens with one attached hydrogen (secondary N) is 1. The predicted molar refractivity (Wildman–Crippen MR) is 79.4 cm³/mol. The van der Waals surface area contributed by atoms with Gasteiger partial charge in [-0.15, -0.1) is 0 Å². The van der Waals surface area contributed by atoms with Gasteiger partial charge in [0.05, 0.1) is 0 Å². The van der Waals surface area contributed by atoms with Gasteiger partial charge in [-0.25, -0.2) is 4.39 Å². The van der Waals surface area contributed by atoms with Crippen LogP contribution in [-0.4, -0.2) is 13.2 Å². The first kappa shape index (κ1) is 14.2. The first-order valence-electron chi connectivity index (χ1n) is 6.75. The van der Waals surface area contributed by atoms with Gasteiger partial charge in [-0.3, -0.25) is 0 Å². The van der Waals surface area contributed by atoms with Crippen molar-refractivity contribution in [2.24, 2.45) is 0 Å². The fourth-order valence-corrected chi connectivity index (χ4v) is 2.51. The van der Waals surface area contributed by atoms with Crippen LogP contribution < -0.4 is 14.8 Å². The number of halogens is 2. The minimum absolute atomic E-state index is 0.321. The van der Waals surface area contributed by atoms with E-state index in [1.807, 2.05) is 18.2 Å². The molecule has 0 fully saturated rings. The van der Waals surface area contributed by atoms with Crippen molar-refractivity contribution in [3.05, 3.63) is 58.4 Å². The van der Waals surface area contributed by atoms with Crippen LogP contribution in [0.25, 0.3) is 0 Å². The summed E-state index contributed by atoms with van der Waals surface area (Å²) >= 11 is 5.83. The lowest BCUT2D eigenvalue weighted by Crippen LogP contribution is -2.16. The van der Waals surface area contributed by atoms with E-state index in [1.54, 1.807) is 6.07 Å². The van der Waals surface area contributed by atoms with Crippen molar-refractivity contribution in [3.63, 3.8) is 0 Å². The van der Waals surface area contributed by atoms with Crippen LogP contribution in [0, 0.1) is 5.82 Å². The Morgan fingerprint density at radius 2 is 1.71 bits per heavy atom. The lowest BCUT2D eigenvalue weighted by molar-refractivity contribution is 0.171. The predicted octanol–water partition coefficient (Wildman–Crippen LogP) is 3.54. The molecule has 3 rings (SSSR count). The highest BCUT2D eigenvalue weighted by Gasteiger charge is 2.11. The fraction of sp³-hybridized carbons (Fsp3) is 0.250. The molecule has 5 heteroatoms. The van der Waals surface area contributed by atoms with E-state index in [4.69, 9.17) is 21.1 Å². The summed E-state index contributed by atoms with van der Waals surface area (Å²) in [6.45, 7) is 2.37. The van der Waals surface area contributed by atoms with E-state index < -0.39 is 0 Å². The summed E-state index contributed by atoms with van der Waals surface area (Å²) in [5, 5.41) is 3.67. The summed E-state index contributed by atoms with van der Waals surface area (Å²) in [6, 6.07) is 10.4. The molecule has 0 aromatic heterocycles. The smallest absolute Gasteiger partial charge is 0.161 e. The molecule has 21 heavy (non-hydrogen) atoms. The van der Waals surface area contributed by atoms with Gasteiger partial charge >= 0.3 is 0 Å². The normalized spacial score (nSPS) is 13.2. The largest absolute Gasteiger partial charge is 0.486 e. The molecule has 2 aromatic carbocycles. The molecular weight excluding hydrogens is 293 g/mol. The average molecular weight is 308 g/mol. The zero-order chi connectivity index (χ0) is 14.7. The molecule has 0 saturated heterocycles. The molecule has 0 unspecified atom stereocenters. The maximum Gasteiger partial charge on any atom is 0.161 e. The Morgan fingerprint density at radius 3 is 2.52 bits per heavy atom. The molecule has 0 amide bonds. The molecule has 0 bridgehead atoms. The topological polar surface area (TPSA) is 30.5 Å². The molecule has 1 N–H and O–H groups in total. The molecule has 1 aliphatic rings. The Morgan fingerprint density at radius 1 is 0.952 bits per heavy atom. The van der Waals surface area contributed by atoms with Crippen LogP contribution in [0.3, 0.4) is 0 Å². The van der Waals surface area contributed by atoms with E-state index in [9.17, 15) is 4.39 Å². The van der Waals surface area contributed by atoms with E-state index in [0.29, 0.717) is 31.3 Å². The lowest BCUT2D eigenvalue weighted by atomic mass is 10.1. The molecule has 0 atom stereocenters. The van der Waals surface area contributed by atoms with Gasteiger partial charge in [-0.05, 0) is 41.5 Å². The Labute approximate surface area is 127 Å². The molecule has 0 aliphatic carbocycles. The van der Waals surface area contributed by atoms with Crippen LogP contribution in [0.2, 0.25) is 5.02 Å². The third-order valence-electron chi connectivity index (χ3n) is 3.19. The fourth-order valence-electron chi connectivity index (χ4n) is 2.26. The lowest BCUT2D eigenvalue weighted by Gasteiger charge is -2.19. The van der Waals surface area contributed by atoms with Gasteiger partial charge in [0, 0.05) is 18.1 Å². The molecule has 0 saturated carbocycles. The molecular formula is C16H15ClFNO2. The highest BCUT2D eigenvalue weighted by Crippen LogP contribution is 2.30. The van der Waals surface area contributed by atoms with E-state index in [1.165, 1.54) is 12.1 Å². The summed E-state index contributed by atoms with van der Waals surface area (Å²) in [5.74, 6) is 1.23. The number of rotatable bonds is 4. The average Bonchev–Trinajstić information content (AvgIpc) is 2.46.